The highest BCUT2D eigenvalue weighted by Crippen LogP contribution is 2.39. The predicted octanol–water partition coefficient (Wildman–Crippen LogP) is 4.57. The number of aromatic nitrogens is 5. The van der Waals surface area contributed by atoms with Gasteiger partial charge in [-0.2, -0.15) is 0 Å². The van der Waals surface area contributed by atoms with Crippen molar-refractivity contribution in [3.05, 3.63) is 71.4 Å². The van der Waals surface area contributed by atoms with Gasteiger partial charge < -0.3 is 15.4 Å². The zero-order valence-corrected chi connectivity index (χ0v) is 21.1. The van der Waals surface area contributed by atoms with Gasteiger partial charge in [0, 0.05) is 41.9 Å². The average molecular weight is 522 g/mol. The van der Waals surface area contributed by atoms with Gasteiger partial charge in [0.1, 0.15) is 23.3 Å². The molecule has 0 bridgehead atoms. The van der Waals surface area contributed by atoms with Crippen molar-refractivity contribution in [2.24, 2.45) is 0 Å². The Morgan fingerprint density at radius 3 is 2.50 bits per heavy atom. The summed E-state index contributed by atoms with van der Waals surface area (Å²) in [6, 6.07) is 5.32. The van der Waals surface area contributed by atoms with E-state index in [9.17, 15) is 9.18 Å². The second kappa shape index (κ2) is 11.6. The van der Waals surface area contributed by atoms with Gasteiger partial charge in [-0.3, -0.25) is 19.6 Å². The number of nitrogens with zero attached hydrogens (tertiary/aromatic N) is 5. The number of methoxy groups -OCH3 is 1. The number of hydroxylamine groups is 1. The van der Waals surface area contributed by atoms with Crippen LogP contribution in [0, 0.1) is 26.6 Å². The van der Waals surface area contributed by atoms with E-state index < -0.39 is 18.8 Å². The highest BCUT2D eigenvalue weighted by Gasteiger charge is 2.19. The topological polar surface area (TPSA) is 136 Å². The second-order valence-electron chi connectivity index (χ2n) is 8.15. The molecule has 11 nitrogen and oxygen atoms in total. The first-order chi connectivity index (χ1) is 19.4. The average Bonchev–Trinajstić information content (AvgIpc) is 2.88. The largest absolute Gasteiger partial charge is 0.494 e. The highest BCUT2D eigenvalue weighted by atomic mass is 19.1. The number of benzene rings is 1. The van der Waals surface area contributed by atoms with Crippen LogP contribution in [0.1, 0.15) is 38.6 Å². The zero-order chi connectivity index (χ0) is 29.7. The van der Waals surface area contributed by atoms with E-state index >= 15 is 0 Å². The molecule has 0 radical (unpaired) electrons. The fourth-order valence-electron chi connectivity index (χ4n) is 3.58. The molecule has 3 heterocycles. The fraction of sp³-hybridized carbons (Fsp3) is 0.231. The third-order valence-electron chi connectivity index (χ3n) is 5.16. The normalized spacial score (nSPS) is 12.2. The molecule has 3 N–H and O–H groups in total. The molecule has 0 spiro atoms. The molecule has 0 unspecified atom stereocenters. The van der Waals surface area contributed by atoms with Crippen molar-refractivity contribution in [1.29, 1.82) is 0 Å². The number of carbonyl (C=O) groups is 1. The van der Waals surface area contributed by atoms with Crippen molar-refractivity contribution < 1.29 is 22.9 Å². The SMILES string of the molecule is [2H]C([2H])([2H])Oc1c(Nc2cc(Nc3cc(C)nc(C)n3)ncc2C(=O)NOCC)cc(F)cc1-c1cnc(C)cn1. The summed E-state index contributed by atoms with van der Waals surface area (Å²) >= 11 is 0. The van der Waals surface area contributed by atoms with Gasteiger partial charge in [-0.15, -0.1) is 0 Å². The summed E-state index contributed by atoms with van der Waals surface area (Å²) in [6.07, 6.45) is 4.11. The van der Waals surface area contributed by atoms with E-state index in [1.54, 1.807) is 26.8 Å². The van der Waals surface area contributed by atoms with E-state index in [1.165, 1.54) is 24.7 Å². The molecule has 0 atom stereocenters. The Bertz CT molecular complexity index is 1550. The van der Waals surface area contributed by atoms with Gasteiger partial charge in [0.2, 0.25) is 0 Å². The Kier molecular flexibility index (Phi) is 6.84. The molecule has 0 aliphatic carbocycles. The molecule has 1 amide bonds. The van der Waals surface area contributed by atoms with Crippen molar-refractivity contribution in [3.8, 4) is 17.0 Å². The van der Waals surface area contributed by atoms with Crippen molar-refractivity contribution in [2.75, 3.05) is 24.3 Å². The number of amides is 1. The van der Waals surface area contributed by atoms with Gasteiger partial charge in [0.25, 0.3) is 5.91 Å². The lowest BCUT2D eigenvalue weighted by molar-refractivity contribution is 0.0365. The van der Waals surface area contributed by atoms with Crippen LogP contribution < -0.4 is 20.9 Å². The Labute approximate surface area is 223 Å². The summed E-state index contributed by atoms with van der Waals surface area (Å²) < 4.78 is 43.4. The molecule has 4 aromatic rings. The molecule has 12 heteroatoms. The molecule has 1 aromatic carbocycles. The maximum Gasteiger partial charge on any atom is 0.278 e. The number of hydrogen-bond acceptors (Lipinski definition) is 10. The monoisotopic (exact) mass is 521 g/mol. The first-order valence-electron chi connectivity index (χ1n) is 13.0. The molecule has 0 saturated heterocycles. The minimum Gasteiger partial charge on any atom is -0.494 e. The maximum absolute atomic E-state index is 15.0. The quantitative estimate of drug-likeness (QED) is 0.269. The molecular weight excluding hydrogens is 491 g/mol. The van der Waals surface area contributed by atoms with Crippen LogP contribution in [0.4, 0.5) is 27.4 Å². The van der Waals surface area contributed by atoms with Crippen molar-refractivity contribution in [3.63, 3.8) is 0 Å². The number of ether oxygens (including phenoxy) is 1. The van der Waals surface area contributed by atoms with Crippen LogP contribution in [-0.2, 0) is 4.84 Å². The molecular formula is C26H27FN8O3. The van der Waals surface area contributed by atoms with Gasteiger partial charge in [-0.05, 0) is 33.8 Å². The lowest BCUT2D eigenvalue weighted by Gasteiger charge is -2.18. The summed E-state index contributed by atoms with van der Waals surface area (Å²) in [5.41, 5.74) is 3.90. The van der Waals surface area contributed by atoms with Crippen LogP contribution in [0.25, 0.3) is 11.3 Å². The van der Waals surface area contributed by atoms with E-state index in [4.69, 9.17) is 13.7 Å². The van der Waals surface area contributed by atoms with Gasteiger partial charge >= 0.3 is 0 Å². The number of anilines is 4. The van der Waals surface area contributed by atoms with Crippen LogP contribution in [0.2, 0.25) is 0 Å². The van der Waals surface area contributed by atoms with E-state index in [0.717, 1.165) is 17.8 Å². The predicted molar refractivity (Wildman–Crippen MR) is 140 cm³/mol. The molecule has 3 aromatic heterocycles. The summed E-state index contributed by atoms with van der Waals surface area (Å²) in [5, 5.41) is 5.99. The standard InChI is InChI=1S/C26H27FN8O3/c1-6-38-35-26(36)19-12-30-23(34-24-7-14(2)31-16(4)32-24)10-20(19)33-21-9-17(27)8-18(25(21)37-5)22-13-28-15(3)11-29-22/h7-13H,6H2,1-5H3,(H,35,36)(H2,30,31,32,33,34)/i5D3. The Balaban J connectivity index is 1.83. The van der Waals surface area contributed by atoms with Crippen LogP contribution in [-0.4, -0.2) is 44.5 Å². The van der Waals surface area contributed by atoms with E-state index in [0.29, 0.717) is 17.3 Å². The summed E-state index contributed by atoms with van der Waals surface area (Å²) in [4.78, 5) is 39.2. The lowest BCUT2D eigenvalue weighted by atomic mass is 10.1. The first-order valence-corrected chi connectivity index (χ1v) is 11.5. The van der Waals surface area contributed by atoms with Crippen LogP contribution in [0.5, 0.6) is 5.75 Å². The minimum absolute atomic E-state index is 0.0137. The summed E-state index contributed by atoms with van der Waals surface area (Å²) in [7, 11) is -2.90. The van der Waals surface area contributed by atoms with Crippen LogP contribution in [0.15, 0.2) is 42.9 Å². The smallest absolute Gasteiger partial charge is 0.278 e. The number of aryl methyl sites for hydroxylation is 3. The molecule has 196 valence electrons. The summed E-state index contributed by atoms with van der Waals surface area (Å²) in [5.74, 6) is -0.330. The Morgan fingerprint density at radius 1 is 0.947 bits per heavy atom. The number of carbonyl (C=O) groups excluding carboxylic acids is 1. The lowest BCUT2D eigenvalue weighted by Crippen LogP contribution is -2.24. The zero-order valence-electron chi connectivity index (χ0n) is 24.1. The van der Waals surface area contributed by atoms with E-state index in [1.807, 2.05) is 6.92 Å². The molecule has 0 aliphatic rings. The highest BCUT2D eigenvalue weighted by molar-refractivity contribution is 6.00. The van der Waals surface area contributed by atoms with Gasteiger partial charge in [-0.1, -0.05) is 0 Å². The Hall–Kier alpha value is -4.71. The third-order valence-corrected chi connectivity index (χ3v) is 5.16. The number of pyridine rings is 1. The Morgan fingerprint density at radius 2 is 1.79 bits per heavy atom. The van der Waals surface area contributed by atoms with Gasteiger partial charge in [0.05, 0.1) is 52.3 Å². The van der Waals surface area contributed by atoms with E-state index in [-0.39, 0.29) is 46.4 Å². The van der Waals surface area contributed by atoms with Crippen molar-refractivity contribution in [2.45, 2.75) is 27.7 Å². The number of rotatable bonds is 9. The number of halogens is 1. The molecule has 38 heavy (non-hydrogen) atoms. The molecule has 0 saturated carbocycles. The van der Waals surface area contributed by atoms with Crippen molar-refractivity contribution >= 4 is 28.9 Å². The minimum atomic E-state index is -2.90. The number of hydrogen-bond donors (Lipinski definition) is 3. The van der Waals surface area contributed by atoms with Crippen LogP contribution >= 0.6 is 0 Å². The first kappa shape index (κ1) is 22.5. The third kappa shape index (κ3) is 6.16. The van der Waals surface area contributed by atoms with Crippen LogP contribution in [0.3, 0.4) is 0 Å². The summed E-state index contributed by atoms with van der Waals surface area (Å²) in [6.45, 7) is 7.18. The van der Waals surface area contributed by atoms with E-state index in [2.05, 4.69) is 41.0 Å². The molecule has 0 fully saturated rings. The number of nitrogens with one attached hydrogen (secondary N) is 3. The van der Waals surface area contributed by atoms with Gasteiger partial charge in [0.15, 0.2) is 5.75 Å². The second-order valence-corrected chi connectivity index (χ2v) is 8.15. The molecule has 0 aliphatic heterocycles. The van der Waals surface area contributed by atoms with Gasteiger partial charge in [-0.25, -0.2) is 24.8 Å². The molecule has 4 rings (SSSR count). The maximum atomic E-state index is 15.0. The fourth-order valence-corrected chi connectivity index (χ4v) is 3.58. The van der Waals surface area contributed by atoms with Crippen molar-refractivity contribution in [1.82, 2.24) is 30.4 Å².